The van der Waals surface area contributed by atoms with Crippen LogP contribution in [0.25, 0.3) is 11.0 Å². The molecule has 2 aromatic carbocycles. The molecule has 0 N–H and O–H groups in total. The molecular weight excluding hydrogens is 464 g/mol. The second-order valence-corrected chi connectivity index (χ2v) is 11.2. The number of rotatable bonds is 7. The molecule has 0 atom stereocenters. The van der Waals surface area contributed by atoms with Crippen LogP contribution < -0.4 is 4.90 Å². The average molecular weight is 497 g/mol. The quantitative estimate of drug-likeness (QED) is 0.457. The summed E-state index contributed by atoms with van der Waals surface area (Å²) in [7, 11) is -3.63. The number of hydrogen-bond acceptors (Lipinski definition) is 7. The highest BCUT2D eigenvalue weighted by molar-refractivity contribution is 7.89. The lowest BCUT2D eigenvalue weighted by Crippen LogP contribution is -2.49. The molecule has 35 heavy (non-hydrogen) atoms. The van der Waals surface area contributed by atoms with Gasteiger partial charge in [0.05, 0.1) is 22.5 Å². The summed E-state index contributed by atoms with van der Waals surface area (Å²) < 4.78 is 33.3. The summed E-state index contributed by atoms with van der Waals surface area (Å²) in [6, 6.07) is 14.5. The van der Waals surface area contributed by atoms with E-state index in [1.54, 1.807) is 25.1 Å². The van der Waals surface area contributed by atoms with E-state index in [0.717, 1.165) is 12.0 Å². The number of sulfonamides is 1. The molecule has 0 radical (unpaired) electrons. The van der Waals surface area contributed by atoms with Crippen LogP contribution in [-0.4, -0.2) is 61.4 Å². The van der Waals surface area contributed by atoms with Gasteiger partial charge in [0.2, 0.25) is 10.0 Å². The molecule has 1 fully saturated rings. The van der Waals surface area contributed by atoms with Crippen molar-refractivity contribution in [2.45, 2.75) is 44.4 Å². The van der Waals surface area contributed by atoms with Crippen molar-refractivity contribution in [1.82, 2.24) is 14.3 Å². The molecule has 186 valence electrons. The molecule has 8 nitrogen and oxygen atoms in total. The van der Waals surface area contributed by atoms with E-state index >= 15 is 0 Å². The van der Waals surface area contributed by atoms with Gasteiger partial charge in [-0.15, -0.1) is 0 Å². The Kier molecular flexibility index (Phi) is 7.10. The van der Waals surface area contributed by atoms with Crippen molar-refractivity contribution in [2.24, 2.45) is 0 Å². The minimum atomic E-state index is -3.63. The molecule has 4 rings (SSSR count). The smallest absolute Gasteiger partial charge is 0.360 e. The second-order valence-electron chi connectivity index (χ2n) is 9.26. The van der Waals surface area contributed by atoms with Crippen molar-refractivity contribution in [2.75, 3.05) is 37.7 Å². The number of benzene rings is 2. The first kappa shape index (κ1) is 25.1. The van der Waals surface area contributed by atoms with Gasteiger partial charge in [-0.25, -0.2) is 23.2 Å². The first-order chi connectivity index (χ1) is 16.7. The molecule has 3 aromatic rings. The Morgan fingerprint density at radius 3 is 2.11 bits per heavy atom. The zero-order valence-corrected chi connectivity index (χ0v) is 21.5. The van der Waals surface area contributed by atoms with Crippen LogP contribution in [0.5, 0.6) is 0 Å². The van der Waals surface area contributed by atoms with Crippen LogP contribution in [0.2, 0.25) is 0 Å². The van der Waals surface area contributed by atoms with Gasteiger partial charge in [0, 0.05) is 26.2 Å². The lowest BCUT2D eigenvalue weighted by atomic mass is 9.82. The van der Waals surface area contributed by atoms with Gasteiger partial charge in [-0.3, -0.25) is 0 Å². The Hall–Kier alpha value is -3.04. The molecule has 1 saturated heterocycles. The predicted molar refractivity (Wildman–Crippen MR) is 136 cm³/mol. The number of carbonyl (C=O) groups is 1. The Morgan fingerprint density at radius 1 is 0.943 bits per heavy atom. The fourth-order valence-corrected chi connectivity index (χ4v) is 5.54. The number of para-hydroxylation sites is 2. The lowest BCUT2D eigenvalue weighted by molar-refractivity contribution is 0.0520. The summed E-state index contributed by atoms with van der Waals surface area (Å²) in [6.07, 6.45) is 0.965. The Bertz CT molecular complexity index is 1310. The molecule has 0 aliphatic carbocycles. The molecule has 0 spiro atoms. The monoisotopic (exact) mass is 496 g/mol. The maximum Gasteiger partial charge on any atom is 0.360 e. The summed E-state index contributed by atoms with van der Waals surface area (Å²) in [4.78, 5) is 24.0. The van der Waals surface area contributed by atoms with Gasteiger partial charge in [0.15, 0.2) is 11.5 Å². The molecule has 2 heterocycles. The van der Waals surface area contributed by atoms with Crippen molar-refractivity contribution in [3.63, 3.8) is 0 Å². The summed E-state index contributed by atoms with van der Waals surface area (Å²) >= 11 is 0. The van der Waals surface area contributed by atoms with E-state index in [2.05, 4.69) is 30.7 Å². The number of carbonyl (C=O) groups excluding carboxylic acids is 1. The number of piperazine rings is 1. The van der Waals surface area contributed by atoms with E-state index in [-0.39, 0.29) is 30.8 Å². The molecule has 0 saturated carbocycles. The summed E-state index contributed by atoms with van der Waals surface area (Å²) in [5.41, 5.74) is 2.53. The summed E-state index contributed by atoms with van der Waals surface area (Å²) in [5, 5.41) is 0. The van der Waals surface area contributed by atoms with Crippen LogP contribution in [0.1, 0.15) is 50.2 Å². The van der Waals surface area contributed by atoms with Crippen molar-refractivity contribution in [1.29, 1.82) is 0 Å². The van der Waals surface area contributed by atoms with Crippen LogP contribution in [0.4, 0.5) is 5.82 Å². The first-order valence-corrected chi connectivity index (χ1v) is 13.4. The van der Waals surface area contributed by atoms with Gasteiger partial charge in [0.1, 0.15) is 0 Å². The summed E-state index contributed by atoms with van der Waals surface area (Å²) in [5.74, 6) is -0.115. The van der Waals surface area contributed by atoms with Gasteiger partial charge >= 0.3 is 5.97 Å². The number of esters is 1. The molecule has 0 unspecified atom stereocenters. The largest absolute Gasteiger partial charge is 0.461 e. The molecule has 0 amide bonds. The Morgan fingerprint density at radius 2 is 1.54 bits per heavy atom. The highest BCUT2D eigenvalue weighted by Crippen LogP contribution is 2.29. The number of aromatic nitrogens is 2. The molecule has 9 heteroatoms. The van der Waals surface area contributed by atoms with Crippen molar-refractivity contribution in [3.05, 3.63) is 59.8 Å². The fraction of sp³-hybridized carbons (Fsp3) is 0.423. The number of fused-ring (bicyclic) bond motifs is 1. The number of anilines is 1. The molecule has 1 aliphatic heterocycles. The highest BCUT2D eigenvalue weighted by Gasteiger charge is 2.31. The third-order valence-corrected chi connectivity index (χ3v) is 8.63. The van der Waals surface area contributed by atoms with E-state index in [4.69, 9.17) is 4.74 Å². The van der Waals surface area contributed by atoms with E-state index in [1.165, 1.54) is 4.31 Å². The van der Waals surface area contributed by atoms with Crippen LogP contribution in [-0.2, 0) is 20.2 Å². The van der Waals surface area contributed by atoms with Crippen molar-refractivity contribution < 1.29 is 17.9 Å². The van der Waals surface area contributed by atoms with Gasteiger partial charge in [-0.05, 0) is 48.6 Å². The van der Waals surface area contributed by atoms with E-state index in [0.29, 0.717) is 34.8 Å². The third-order valence-electron chi connectivity index (χ3n) is 6.72. The van der Waals surface area contributed by atoms with E-state index in [1.807, 2.05) is 35.2 Å². The molecule has 1 aromatic heterocycles. The zero-order chi connectivity index (χ0) is 25.2. The zero-order valence-electron chi connectivity index (χ0n) is 20.7. The minimum absolute atomic E-state index is 0.00849. The van der Waals surface area contributed by atoms with E-state index in [9.17, 15) is 13.2 Å². The maximum absolute atomic E-state index is 13.3. The van der Waals surface area contributed by atoms with E-state index < -0.39 is 16.0 Å². The molecule has 0 bridgehead atoms. The lowest BCUT2D eigenvalue weighted by Gasteiger charge is -2.35. The fourth-order valence-electron chi connectivity index (χ4n) is 4.12. The number of hydrogen-bond donors (Lipinski definition) is 0. The topological polar surface area (TPSA) is 92.7 Å². The van der Waals surface area contributed by atoms with Gasteiger partial charge < -0.3 is 9.64 Å². The molecule has 1 aliphatic rings. The van der Waals surface area contributed by atoms with Crippen LogP contribution in [0.3, 0.4) is 0 Å². The SMILES string of the molecule is CCOC(=O)c1nc2ccccc2nc1N1CCN(S(=O)(=O)c2ccc(C(C)(C)CC)cc2)CC1. The normalized spacial score (nSPS) is 15.4. The number of nitrogens with zero attached hydrogens (tertiary/aromatic N) is 4. The second kappa shape index (κ2) is 9.91. The maximum atomic E-state index is 13.3. The van der Waals surface area contributed by atoms with Crippen LogP contribution >= 0.6 is 0 Å². The Balaban J connectivity index is 1.55. The standard InChI is InChI=1S/C26H32N4O4S/c1-5-26(3,4)19-11-13-20(14-12-19)35(32,33)30-17-15-29(16-18-30)24-23(25(31)34-6-2)27-21-9-7-8-10-22(21)28-24/h7-14H,5-6,15-18H2,1-4H3. The number of ether oxygens (including phenoxy) is 1. The van der Waals surface area contributed by atoms with Crippen molar-refractivity contribution >= 4 is 32.8 Å². The molecular formula is C26H32N4O4S. The Labute approximate surface area is 207 Å². The minimum Gasteiger partial charge on any atom is -0.461 e. The highest BCUT2D eigenvalue weighted by atomic mass is 32.2. The van der Waals surface area contributed by atoms with Gasteiger partial charge in [0.25, 0.3) is 0 Å². The third kappa shape index (κ3) is 5.01. The summed E-state index contributed by atoms with van der Waals surface area (Å²) in [6.45, 7) is 9.73. The first-order valence-electron chi connectivity index (χ1n) is 12.0. The van der Waals surface area contributed by atoms with Crippen LogP contribution in [0.15, 0.2) is 53.4 Å². The average Bonchev–Trinajstić information content (AvgIpc) is 2.88. The van der Waals surface area contributed by atoms with Crippen LogP contribution in [0, 0.1) is 0 Å². The van der Waals surface area contributed by atoms with Crippen molar-refractivity contribution in [3.8, 4) is 0 Å². The predicted octanol–water partition coefficient (Wildman–Crippen LogP) is 4.01. The van der Waals surface area contributed by atoms with Gasteiger partial charge in [-0.1, -0.05) is 45.0 Å². The van der Waals surface area contributed by atoms with Gasteiger partial charge in [-0.2, -0.15) is 4.31 Å².